The van der Waals surface area contributed by atoms with E-state index >= 15 is 0 Å². The van der Waals surface area contributed by atoms with Crippen LogP contribution in [0.15, 0.2) is 24.3 Å². The number of alkyl halides is 3. The van der Waals surface area contributed by atoms with Gasteiger partial charge >= 0.3 is 6.18 Å². The first-order chi connectivity index (χ1) is 12.8. The Morgan fingerprint density at radius 1 is 1.15 bits per heavy atom. The molecular weight excluding hydrogens is 375 g/mol. The van der Waals surface area contributed by atoms with Gasteiger partial charge in [0.2, 0.25) is 10.6 Å². The first kappa shape index (κ1) is 19.9. The van der Waals surface area contributed by atoms with Crippen LogP contribution in [0.2, 0.25) is 0 Å². The highest BCUT2D eigenvalue weighted by Gasteiger charge is 2.37. The summed E-state index contributed by atoms with van der Waals surface area (Å²) in [5.74, 6) is -0.964. The Hall–Kier alpha value is -1.87. The average molecular weight is 400 g/mol. The molecule has 0 bridgehead atoms. The summed E-state index contributed by atoms with van der Waals surface area (Å²) in [6, 6.07) is 8.26. The van der Waals surface area contributed by atoms with E-state index in [1.165, 1.54) is 42.2 Å². The molecule has 1 aromatic carbocycles. The van der Waals surface area contributed by atoms with Gasteiger partial charge in [-0.3, -0.25) is 4.57 Å². The summed E-state index contributed by atoms with van der Waals surface area (Å²) in [5.41, 5.74) is 2.41. The number of anilines is 1. The van der Waals surface area contributed by atoms with Crippen molar-refractivity contribution >= 4 is 17.9 Å². The highest BCUT2D eigenvalue weighted by molar-refractivity contribution is 7.71. The monoisotopic (exact) mass is 400 g/mol. The second-order valence-corrected chi connectivity index (χ2v) is 7.50. The summed E-state index contributed by atoms with van der Waals surface area (Å²) in [7, 11) is 3.24. The number of para-hydroxylation sites is 1. The highest BCUT2D eigenvalue weighted by atomic mass is 32.1. The Morgan fingerprint density at radius 2 is 1.81 bits per heavy atom. The number of quaternary nitrogens is 1. The number of rotatable bonds is 5. The zero-order chi connectivity index (χ0) is 19.6. The summed E-state index contributed by atoms with van der Waals surface area (Å²) in [4.78, 5) is 3.42. The number of benzene rings is 1. The lowest BCUT2D eigenvalue weighted by Crippen LogP contribution is -3.07. The summed E-state index contributed by atoms with van der Waals surface area (Å²) in [6.07, 6.45) is -0.855. The van der Waals surface area contributed by atoms with Gasteiger partial charge in [-0.25, -0.2) is 0 Å². The third kappa shape index (κ3) is 4.52. The van der Waals surface area contributed by atoms with Crippen LogP contribution in [-0.4, -0.2) is 34.5 Å². The molecule has 1 N–H and O–H groups in total. The van der Waals surface area contributed by atoms with Gasteiger partial charge in [0, 0.05) is 31.4 Å². The van der Waals surface area contributed by atoms with Gasteiger partial charge in [0.15, 0.2) is 6.67 Å². The molecule has 1 aliphatic rings. The maximum absolute atomic E-state index is 13.0. The van der Waals surface area contributed by atoms with Crippen molar-refractivity contribution in [1.82, 2.24) is 14.3 Å². The lowest BCUT2D eigenvalue weighted by molar-refractivity contribution is -0.917. The lowest BCUT2D eigenvalue weighted by Gasteiger charge is -2.31. The minimum atomic E-state index is -4.51. The third-order valence-corrected chi connectivity index (χ3v) is 5.38. The van der Waals surface area contributed by atoms with Gasteiger partial charge < -0.3 is 9.80 Å². The van der Waals surface area contributed by atoms with E-state index in [0.29, 0.717) is 6.54 Å². The lowest BCUT2D eigenvalue weighted by atomic mass is 10.1. The molecule has 0 saturated carbocycles. The summed E-state index contributed by atoms with van der Waals surface area (Å²) < 4.78 is 41.3. The summed E-state index contributed by atoms with van der Waals surface area (Å²) in [5, 5.41) is 3.69. The van der Waals surface area contributed by atoms with Crippen molar-refractivity contribution in [3.63, 3.8) is 0 Å². The number of piperidine rings is 1. The van der Waals surface area contributed by atoms with E-state index in [4.69, 9.17) is 12.2 Å². The van der Waals surface area contributed by atoms with E-state index in [-0.39, 0.29) is 11.4 Å². The zero-order valence-corrected chi connectivity index (χ0v) is 16.4. The van der Waals surface area contributed by atoms with Crippen LogP contribution in [0.4, 0.5) is 18.9 Å². The number of nitrogens with one attached hydrogen (secondary N) is 1. The summed E-state index contributed by atoms with van der Waals surface area (Å²) in [6.45, 7) is 3.07. The molecule has 148 valence electrons. The Bertz CT molecular complexity index is 836. The van der Waals surface area contributed by atoms with Gasteiger partial charge in [0.05, 0.1) is 7.05 Å². The SMILES string of the molecule is Cn1c(C(F)(F)F)nn(C[NH+](C)Cc2ccccc2N2CCCCC2)c1=S. The predicted molar refractivity (Wildman–Crippen MR) is 100 cm³/mol. The molecule has 1 aliphatic heterocycles. The molecule has 5 nitrogen and oxygen atoms in total. The molecule has 2 aromatic rings. The number of nitrogens with zero attached hydrogens (tertiary/aromatic N) is 4. The Kier molecular flexibility index (Phi) is 5.90. The Labute approximate surface area is 162 Å². The molecule has 1 fully saturated rings. The number of hydrogen-bond acceptors (Lipinski definition) is 3. The van der Waals surface area contributed by atoms with Crippen LogP contribution in [0.3, 0.4) is 0 Å². The van der Waals surface area contributed by atoms with Crippen molar-refractivity contribution in [3.8, 4) is 0 Å². The van der Waals surface area contributed by atoms with Crippen LogP contribution in [-0.2, 0) is 26.4 Å². The fourth-order valence-electron chi connectivity index (χ4n) is 3.58. The molecule has 27 heavy (non-hydrogen) atoms. The summed E-state index contributed by atoms with van der Waals surface area (Å²) >= 11 is 5.14. The fourth-order valence-corrected chi connectivity index (χ4v) is 3.77. The van der Waals surface area contributed by atoms with Gasteiger partial charge in [0.1, 0.15) is 6.54 Å². The van der Waals surface area contributed by atoms with Crippen molar-refractivity contribution in [2.75, 3.05) is 25.0 Å². The van der Waals surface area contributed by atoms with E-state index in [9.17, 15) is 13.2 Å². The van der Waals surface area contributed by atoms with Gasteiger partial charge in [-0.2, -0.15) is 17.9 Å². The maximum atomic E-state index is 13.0. The van der Waals surface area contributed by atoms with E-state index in [2.05, 4.69) is 22.1 Å². The average Bonchev–Trinajstić information content (AvgIpc) is 2.91. The molecular formula is C18H25F3N5S+. The van der Waals surface area contributed by atoms with E-state index < -0.39 is 12.0 Å². The predicted octanol–water partition coefficient (Wildman–Crippen LogP) is 2.63. The topological polar surface area (TPSA) is 30.4 Å². The highest BCUT2D eigenvalue weighted by Crippen LogP contribution is 2.27. The first-order valence-electron chi connectivity index (χ1n) is 9.12. The molecule has 0 amide bonds. The normalized spacial score (nSPS) is 16.6. The molecule has 2 heterocycles. The Morgan fingerprint density at radius 3 is 2.44 bits per heavy atom. The molecule has 0 radical (unpaired) electrons. The fraction of sp³-hybridized carbons (Fsp3) is 0.556. The quantitative estimate of drug-likeness (QED) is 0.783. The van der Waals surface area contributed by atoms with Crippen LogP contribution < -0.4 is 9.80 Å². The van der Waals surface area contributed by atoms with Crippen molar-refractivity contribution in [2.24, 2.45) is 7.05 Å². The second kappa shape index (κ2) is 8.02. The maximum Gasteiger partial charge on any atom is 0.451 e. The van der Waals surface area contributed by atoms with Crippen molar-refractivity contribution in [3.05, 3.63) is 40.4 Å². The third-order valence-electron chi connectivity index (χ3n) is 4.89. The van der Waals surface area contributed by atoms with Crippen LogP contribution in [0.5, 0.6) is 0 Å². The minimum absolute atomic E-state index is 0.0750. The standard InChI is InChI=1S/C18H24F3N5S/c1-23(13-26-17(27)24(2)16(22-26)18(19,20)21)12-14-8-4-5-9-15(14)25-10-6-3-7-11-25/h4-5,8-9H,3,6-7,10-13H2,1-2H3/p+1. The van der Waals surface area contributed by atoms with E-state index in [1.54, 1.807) is 0 Å². The van der Waals surface area contributed by atoms with Crippen LogP contribution in [0.25, 0.3) is 0 Å². The Balaban J connectivity index is 1.76. The first-order valence-corrected chi connectivity index (χ1v) is 9.53. The van der Waals surface area contributed by atoms with Crippen LogP contribution in [0, 0.1) is 4.77 Å². The van der Waals surface area contributed by atoms with Gasteiger partial charge in [-0.1, -0.05) is 18.2 Å². The van der Waals surface area contributed by atoms with Crippen LogP contribution in [0.1, 0.15) is 30.7 Å². The van der Waals surface area contributed by atoms with Crippen LogP contribution >= 0.6 is 12.2 Å². The number of aromatic nitrogens is 3. The zero-order valence-electron chi connectivity index (χ0n) is 15.6. The molecule has 0 spiro atoms. The molecule has 1 unspecified atom stereocenters. The van der Waals surface area contributed by atoms with Gasteiger partial charge in [-0.15, -0.1) is 5.10 Å². The molecule has 9 heteroatoms. The number of halogens is 3. The molecule has 3 rings (SSSR count). The largest absolute Gasteiger partial charge is 0.451 e. The van der Waals surface area contributed by atoms with Gasteiger partial charge in [0.25, 0.3) is 0 Å². The van der Waals surface area contributed by atoms with Crippen molar-refractivity contribution < 1.29 is 18.1 Å². The minimum Gasteiger partial charge on any atom is -0.371 e. The van der Waals surface area contributed by atoms with E-state index in [1.807, 2.05) is 19.2 Å². The molecule has 1 atom stereocenters. The smallest absolute Gasteiger partial charge is 0.371 e. The van der Waals surface area contributed by atoms with E-state index in [0.717, 1.165) is 22.6 Å². The molecule has 1 saturated heterocycles. The molecule has 0 aliphatic carbocycles. The van der Waals surface area contributed by atoms with Crippen molar-refractivity contribution in [1.29, 1.82) is 0 Å². The second-order valence-electron chi connectivity index (χ2n) is 7.13. The van der Waals surface area contributed by atoms with Crippen molar-refractivity contribution in [2.45, 2.75) is 38.7 Å². The van der Waals surface area contributed by atoms with Gasteiger partial charge in [-0.05, 0) is 37.5 Å². The number of hydrogen-bond donors (Lipinski definition) is 1. The molecule has 1 aromatic heterocycles.